The quantitative estimate of drug-likeness (QED) is 0.864. The minimum absolute atomic E-state index is 0.0356. The maximum Gasteiger partial charge on any atom is 0.218 e. The summed E-state index contributed by atoms with van der Waals surface area (Å²) in [5, 5.41) is 2.99. The third kappa shape index (κ3) is 3.25. The molecule has 0 aliphatic rings. The third-order valence-corrected chi connectivity index (χ3v) is 3.20. The fraction of sp³-hybridized carbons (Fsp3) is 0.235. The highest BCUT2D eigenvalue weighted by Gasteiger charge is 2.18. The first-order valence-electron chi connectivity index (χ1n) is 6.67. The van der Waals surface area contributed by atoms with Gasteiger partial charge in [0.25, 0.3) is 0 Å². The Kier molecular flexibility index (Phi) is 4.53. The molecule has 104 valence electrons. The van der Waals surface area contributed by atoms with E-state index < -0.39 is 0 Å². The fourth-order valence-electron chi connectivity index (χ4n) is 2.29. The van der Waals surface area contributed by atoms with Crippen LogP contribution in [0.2, 0.25) is 0 Å². The Morgan fingerprint density at radius 2 is 1.60 bits per heavy atom. The van der Waals surface area contributed by atoms with Gasteiger partial charge in [-0.05, 0) is 30.8 Å². The minimum atomic E-state index is -0.135. The van der Waals surface area contributed by atoms with Crippen molar-refractivity contribution >= 4 is 5.91 Å². The van der Waals surface area contributed by atoms with E-state index >= 15 is 0 Å². The Bertz CT molecular complexity index is 579. The van der Waals surface area contributed by atoms with Gasteiger partial charge in [0.05, 0.1) is 0 Å². The molecule has 1 amide bonds. The van der Waals surface area contributed by atoms with Crippen molar-refractivity contribution < 1.29 is 4.79 Å². The number of nitrogens with zero attached hydrogens (tertiary/aromatic N) is 1. The van der Waals surface area contributed by atoms with E-state index in [1.807, 2.05) is 49.3 Å². The van der Waals surface area contributed by atoms with Crippen molar-refractivity contribution in [1.82, 2.24) is 10.2 Å². The van der Waals surface area contributed by atoms with Crippen LogP contribution in [0.1, 0.15) is 18.7 Å². The second-order valence-corrected chi connectivity index (χ2v) is 5.02. The second kappa shape index (κ2) is 6.35. The summed E-state index contributed by atoms with van der Waals surface area (Å²) in [6.07, 6.45) is -0.135. The summed E-state index contributed by atoms with van der Waals surface area (Å²) in [4.78, 5) is 13.4. The van der Waals surface area contributed by atoms with E-state index in [0.717, 1.165) is 16.7 Å². The van der Waals surface area contributed by atoms with Crippen LogP contribution in [0, 0.1) is 0 Å². The van der Waals surface area contributed by atoms with Crippen LogP contribution in [0.15, 0.2) is 54.6 Å². The first kappa shape index (κ1) is 14.3. The predicted octanol–water partition coefficient (Wildman–Crippen LogP) is 3.05. The van der Waals surface area contributed by atoms with Gasteiger partial charge in [0.15, 0.2) is 0 Å². The number of nitrogens with one attached hydrogen (secondary N) is 1. The highest BCUT2D eigenvalue weighted by atomic mass is 16.1. The lowest BCUT2D eigenvalue weighted by atomic mass is 9.97. The van der Waals surface area contributed by atoms with E-state index in [-0.39, 0.29) is 12.1 Å². The molecule has 20 heavy (non-hydrogen) atoms. The highest BCUT2D eigenvalue weighted by Crippen LogP contribution is 2.28. The SMILES string of the molecule is CC(=O)NC(c1ccccc1-c1ccccc1)N(C)C. The van der Waals surface area contributed by atoms with Crippen LogP contribution in [0.5, 0.6) is 0 Å². The lowest BCUT2D eigenvalue weighted by molar-refractivity contribution is -0.120. The van der Waals surface area contributed by atoms with Gasteiger partial charge in [-0.2, -0.15) is 0 Å². The van der Waals surface area contributed by atoms with Crippen molar-refractivity contribution in [1.29, 1.82) is 0 Å². The van der Waals surface area contributed by atoms with Gasteiger partial charge in [0.2, 0.25) is 5.91 Å². The molecule has 0 aliphatic heterocycles. The predicted molar refractivity (Wildman–Crippen MR) is 82.1 cm³/mol. The van der Waals surface area contributed by atoms with Gasteiger partial charge in [-0.25, -0.2) is 0 Å². The van der Waals surface area contributed by atoms with Crippen molar-refractivity contribution in [3.63, 3.8) is 0 Å². The molecule has 0 saturated heterocycles. The molecule has 1 unspecified atom stereocenters. The van der Waals surface area contributed by atoms with Crippen LogP contribution < -0.4 is 5.32 Å². The maximum absolute atomic E-state index is 11.4. The van der Waals surface area contributed by atoms with Crippen LogP contribution in [0.3, 0.4) is 0 Å². The molecular weight excluding hydrogens is 248 g/mol. The maximum atomic E-state index is 11.4. The van der Waals surface area contributed by atoms with E-state index in [1.165, 1.54) is 0 Å². The Morgan fingerprint density at radius 3 is 2.20 bits per heavy atom. The summed E-state index contributed by atoms with van der Waals surface area (Å²) in [5.41, 5.74) is 3.39. The van der Waals surface area contributed by atoms with Gasteiger partial charge in [-0.15, -0.1) is 0 Å². The minimum Gasteiger partial charge on any atom is -0.337 e. The van der Waals surface area contributed by atoms with Gasteiger partial charge in [0.1, 0.15) is 6.17 Å². The van der Waals surface area contributed by atoms with Crippen LogP contribution in [-0.2, 0) is 4.79 Å². The van der Waals surface area contributed by atoms with Crippen molar-refractivity contribution in [3.05, 3.63) is 60.2 Å². The normalized spacial score (nSPS) is 12.2. The standard InChI is InChI=1S/C17H20N2O/c1-13(20)18-17(19(2)3)16-12-8-7-11-15(16)14-9-5-4-6-10-14/h4-12,17H,1-3H3,(H,18,20). The monoisotopic (exact) mass is 268 g/mol. The van der Waals surface area contributed by atoms with E-state index in [9.17, 15) is 4.79 Å². The Labute approximate surface area is 120 Å². The first-order valence-corrected chi connectivity index (χ1v) is 6.67. The zero-order chi connectivity index (χ0) is 14.5. The number of carbonyl (C=O) groups excluding carboxylic acids is 1. The molecule has 0 heterocycles. The smallest absolute Gasteiger partial charge is 0.218 e. The summed E-state index contributed by atoms with van der Waals surface area (Å²) in [6, 6.07) is 18.4. The topological polar surface area (TPSA) is 32.3 Å². The van der Waals surface area contributed by atoms with Gasteiger partial charge in [-0.3, -0.25) is 9.69 Å². The van der Waals surface area contributed by atoms with Gasteiger partial charge >= 0.3 is 0 Å². The van der Waals surface area contributed by atoms with E-state index in [0.29, 0.717) is 0 Å². The number of amides is 1. The summed E-state index contributed by atoms with van der Waals surface area (Å²) in [7, 11) is 3.92. The molecule has 2 rings (SSSR count). The zero-order valence-corrected chi connectivity index (χ0v) is 12.1. The molecule has 1 N–H and O–H groups in total. The van der Waals surface area contributed by atoms with Crippen LogP contribution in [0.4, 0.5) is 0 Å². The Balaban J connectivity index is 2.48. The largest absolute Gasteiger partial charge is 0.337 e. The molecular formula is C17H20N2O. The van der Waals surface area contributed by atoms with Gasteiger partial charge in [0, 0.05) is 6.92 Å². The lowest BCUT2D eigenvalue weighted by Crippen LogP contribution is -2.36. The molecule has 0 saturated carbocycles. The number of rotatable bonds is 4. The summed E-state index contributed by atoms with van der Waals surface area (Å²) in [5.74, 6) is -0.0356. The molecule has 2 aromatic carbocycles. The average Bonchev–Trinajstić information content (AvgIpc) is 2.45. The molecule has 0 aliphatic carbocycles. The van der Waals surface area contributed by atoms with Crippen molar-refractivity contribution in [3.8, 4) is 11.1 Å². The van der Waals surface area contributed by atoms with Crippen molar-refractivity contribution in [2.45, 2.75) is 13.1 Å². The number of hydrogen-bond donors (Lipinski definition) is 1. The van der Waals surface area contributed by atoms with E-state index in [2.05, 4.69) is 29.6 Å². The molecule has 1 atom stereocenters. The van der Waals surface area contributed by atoms with Crippen molar-refractivity contribution in [2.75, 3.05) is 14.1 Å². The van der Waals surface area contributed by atoms with Crippen LogP contribution in [0.25, 0.3) is 11.1 Å². The molecule has 3 nitrogen and oxygen atoms in total. The summed E-state index contributed by atoms with van der Waals surface area (Å²) >= 11 is 0. The summed E-state index contributed by atoms with van der Waals surface area (Å²) in [6.45, 7) is 1.54. The molecule has 3 heteroatoms. The van der Waals surface area contributed by atoms with E-state index in [1.54, 1.807) is 6.92 Å². The zero-order valence-electron chi connectivity index (χ0n) is 12.1. The van der Waals surface area contributed by atoms with Gasteiger partial charge < -0.3 is 5.32 Å². The Hall–Kier alpha value is -2.13. The first-order chi connectivity index (χ1) is 9.59. The number of benzene rings is 2. The molecule has 2 aromatic rings. The lowest BCUT2D eigenvalue weighted by Gasteiger charge is -2.27. The molecule has 0 bridgehead atoms. The Morgan fingerprint density at radius 1 is 1.00 bits per heavy atom. The number of carbonyl (C=O) groups is 1. The van der Waals surface area contributed by atoms with Crippen LogP contribution >= 0.6 is 0 Å². The van der Waals surface area contributed by atoms with Crippen LogP contribution in [-0.4, -0.2) is 24.9 Å². The molecule has 0 fully saturated rings. The third-order valence-electron chi connectivity index (χ3n) is 3.20. The highest BCUT2D eigenvalue weighted by molar-refractivity contribution is 5.75. The fourth-order valence-corrected chi connectivity index (χ4v) is 2.29. The number of hydrogen-bond acceptors (Lipinski definition) is 2. The van der Waals surface area contributed by atoms with Crippen molar-refractivity contribution in [2.24, 2.45) is 0 Å². The van der Waals surface area contributed by atoms with E-state index in [4.69, 9.17) is 0 Å². The molecule has 0 spiro atoms. The van der Waals surface area contributed by atoms with Gasteiger partial charge in [-0.1, -0.05) is 54.6 Å². The second-order valence-electron chi connectivity index (χ2n) is 5.02. The average molecular weight is 268 g/mol. The molecule has 0 radical (unpaired) electrons. The summed E-state index contributed by atoms with van der Waals surface area (Å²) < 4.78 is 0. The molecule has 0 aromatic heterocycles.